The zero-order valence-electron chi connectivity index (χ0n) is 17.4. The Morgan fingerprint density at radius 3 is 2.30 bits per heavy atom. The Kier molecular flexibility index (Phi) is 6.76. The number of hydrogen-bond acceptors (Lipinski definition) is 6. The molecule has 10 heteroatoms. The number of pyridine rings is 1. The van der Waals surface area contributed by atoms with Gasteiger partial charge in [-0.05, 0) is 61.0 Å². The van der Waals surface area contributed by atoms with Crippen molar-refractivity contribution in [2.45, 2.75) is 20.0 Å². The van der Waals surface area contributed by atoms with Crippen molar-refractivity contribution in [1.29, 1.82) is 0 Å². The fourth-order valence-electron chi connectivity index (χ4n) is 2.76. The molecule has 1 heterocycles. The number of hydrogen-bond donors (Lipinski definition) is 1. The van der Waals surface area contributed by atoms with Crippen molar-refractivity contribution in [2.75, 3.05) is 5.32 Å². The summed E-state index contributed by atoms with van der Waals surface area (Å²) in [5, 5.41) is 2.57. The summed E-state index contributed by atoms with van der Waals surface area (Å²) in [4.78, 5) is 40.1. The third-order valence-corrected chi connectivity index (χ3v) is 4.31. The molecule has 3 aromatic rings. The van der Waals surface area contributed by atoms with Crippen LogP contribution in [-0.2, 0) is 11.0 Å². The van der Waals surface area contributed by atoms with Gasteiger partial charge in [-0.15, -0.1) is 0 Å². The molecule has 0 aliphatic carbocycles. The zero-order chi connectivity index (χ0) is 24.2. The molecule has 0 atom stereocenters. The van der Waals surface area contributed by atoms with E-state index in [0.717, 1.165) is 18.2 Å². The summed E-state index contributed by atoms with van der Waals surface area (Å²) in [6.45, 7) is 2.85. The fraction of sp³-hybridized carbons (Fsp3) is 0.130. The second-order valence-electron chi connectivity index (χ2n) is 6.85. The second-order valence-corrected chi connectivity index (χ2v) is 6.85. The van der Waals surface area contributed by atoms with E-state index < -0.39 is 29.6 Å². The van der Waals surface area contributed by atoms with Crippen molar-refractivity contribution in [3.05, 3.63) is 83.2 Å². The number of alkyl halides is 3. The number of anilines is 1. The van der Waals surface area contributed by atoms with E-state index in [4.69, 9.17) is 9.47 Å². The molecule has 0 fully saturated rings. The highest BCUT2D eigenvalue weighted by atomic mass is 19.4. The molecule has 33 heavy (non-hydrogen) atoms. The maximum atomic E-state index is 12.8. The number of nitrogens with zero attached hydrogens (tertiary/aromatic N) is 1. The predicted molar refractivity (Wildman–Crippen MR) is 111 cm³/mol. The minimum atomic E-state index is -4.57. The molecule has 0 radical (unpaired) electrons. The molecule has 0 unspecified atom stereocenters. The molecule has 3 rings (SSSR count). The fourth-order valence-corrected chi connectivity index (χ4v) is 2.76. The van der Waals surface area contributed by atoms with Crippen LogP contribution in [0.2, 0.25) is 0 Å². The first-order valence-corrected chi connectivity index (χ1v) is 9.49. The van der Waals surface area contributed by atoms with E-state index in [2.05, 4.69) is 10.3 Å². The van der Waals surface area contributed by atoms with Crippen LogP contribution < -0.4 is 14.8 Å². The zero-order valence-corrected chi connectivity index (χ0v) is 17.4. The number of benzene rings is 2. The Labute approximate surface area is 186 Å². The van der Waals surface area contributed by atoms with Gasteiger partial charge in [0, 0.05) is 18.8 Å². The van der Waals surface area contributed by atoms with Crippen molar-refractivity contribution in [3.8, 4) is 11.5 Å². The van der Waals surface area contributed by atoms with Crippen LogP contribution in [-0.4, -0.2) is 22.8 Å². The van der Waals surface area contributed by atoms with Crippen LogP contribution in [0.25, 0.3) is 0 Å². The van der Waals surface area contributed by atoms with Crippen LogP contribution in [0.1, 0.15) is 38.9 Å². The van der Waals surface area contributed by atoms with Crippen molar-refractivity contribution in [2.24, 2.45) is 0 Å². The monoisotopic (exact) mass is 458 g/mol. The smallest absolute Gasteiger partial charge is 0.416 e. The maximum Gasteiger partial charge on any atom is 0.416 e. The summed E-state index contributed by atoms with van der Waals surface area (Å²) in [7, 11) is 0. The molecule has 0 aliphatic rings. The number of ether oxygens (including phenoxy) is 2. The number of aryl methyl sites for hydroxylation is 1. The SMILES string of the molecule is CC(=O)Oc1c(C)ccnc1C(=O)Nc1ccc(C(=O)Oc2cccc(C(F)(F)F)c2)cc1. The van der Waals surface area contributed by atoms with Crippen LogP contribution in [0.3, 0.4) is 0 Å². The molecular formula is C23H17F3N2O5. The highest BCUT2D eigenvalue weighted by Gasteiger charge is 2.30. The Balaban J connectivity index is 1.71. The standard InChI is InChI=1S/C23H17F3N2O5/c1-13-10-11-27-19(20(13)32-14(2)29)21(30)28-17-8-6-15(7-9-17)22(31)33-18-5-3-4-16(12-18)23(24,25)26/h3-12H,1-2H3,(H,28,30). The number of esters is 2. The molecule has 0 saturated heterocycles. The summed E-state index contributed by atoms with van der Waals surface area (Å²) in [5.74, 6) is -2.35. The lowest BCUT2D eigenvalue weighted by molar-refractivity contribution is -0.137. The minimum absolute atomic E-state index is 0.0313. The molecule has 1 N–H and O–H groups in total. The maximum absolute atomic E-state index is 12.8. The van der Waals surface area contributed by atoms with E-state index >= 15 is 0 Å². The summed E-state index contributed by atoms with van der Waals surface area (Å²) < 4.78 is 48.5. The van der Waals surface area contributed by atoms with Crippen LogP contribution in [0.5, 0.6) is 11.5 Å². The van der Waals surface area contributed by atoms with Gasteiger partial charge in [-0.2, -0.15) is 13.2 Å². The quantitative estimate of drug-likeness (QED) is 0.436. The third-order valence-electron chi connectivity index (χ3n) is 4.31. The van der Waals surface area contributed by atoms with Gasteiger partial charge in [-0.1, -0.05) is 6.07 Å². The van der Waals surface area contributed by atoms with E-state index in [0.29, 0.717) is 11.3 Å². The number of carbonyl (C=O) groups excluding carboxylic acids is 3. The average Bonchev–Trinajstić information content (AvgIpc) is 2.75. The van der Waals surface area contributed by atoms with Gasteiger partial charge < -0.3 is 14.8 Å². The minimum Gasteiger partial charge on any atom is -0.424 e. The van der Waals surface area contributed by atoms with E-state index in [9.17, 15) is 27.6 Å². The molecule has 0 spiro atoms. The van der Waals surface area contributed by atoms with Crippen LogP contribution >= 0.6 is 0 Å². The summed E-state index contributed by atoms with van der Waals surface area (Å²) in [6, 6.07) is 11.0. The number of halogens is 3. The number of aromatic nitrogens is 1. The van der Waals surface area contributed by atoms with Crippen LogP contribution in [0, 0.1) is 6.92 Å². The largest absolute Gasteiger partial charge is 0.424 e. The van der Waals surface area contributed by atoms with E-state index in [1.807, 2.05) is 0 Å². The van der Waals surface area contributed by atoms with Gasteiger partial charge in [0.05, 0.1) is 11.1 Å². The molecule has 0 saturated carbocycles. The molecule has 170 valence electrons. The lowest BCUT2D eigenvalue weighted by atomic mass is 10.2. The lowest BCUT2D eigenvalue weighted by Gasteiger charge is -2.11. The third kappa shape index (κ3) is 5.94. The van der Waals surface area contributed by atoms with E-state index in [1.54, 1.807) is 13.0 Å². The van der Waals surface area contributed by atoms with Gasteiger partial charge in [0.2, 0.25) is 0 Å². The summed E-state index contributed by atoms with van der Waals surface area (Å²) in [5.41, 5.74) is -0.146. The number of amides is 1. The van der Waals surface area contributed by atoms with Crippen LogP contribution in [0.4, 0.5) is 18.9 Å². The van der Waals surface area contributed by atoms with E-state index in [1.165, 1.54) is 43.5 Å². The van der Waals surface area contributed by atoms with Gasteiger partial charge in [-0.3, -0.25) is 9.59 Å². The van der Waals surface area contributed by atoms with Crippen molar-refractivity contribution in [1.82, 2.24) is 4.98 Å². The molecule has 7 nitrogen and oxygen atoms in total. The lowest BCUT2D eigenvalue weighted by Crippen LogP contribution is -2.17. The van der Waals surface area contributed by atoms with Crippen LogP contribution in [0.15, 0.2) is 60.8 Å². The molecule has 0 aliphatic heterocycles. The first-order chi connectivity index (χ1) is 15.5. The van der Waals surface area contributed by atoms with Crippen molar-refractivity contribution >= 4 is 23.5 Å². The first kappa shape index (κ1) is 23.5. The van der Waals surface area contributed by atoms with Gasteiger partial charge >= 0.3 is 18.1 Å². The Morgan fingerprint density at radius 1 is 0.970 bits per heavy atom. The number of carbonyl (C=O) groups is 3. The molecular weight excluding hydrogens is 441 g/mol. The highest BCUT2D eigenvalue weighted by Crippen LogP contribution is 2.31. The molecule has 2 aromatic carbocycles. The van der Waals surface area contributed by atoms with Crippen molar-refractivity contribution in [3.63, 3.8) is 0 Å². The topological polar surface area (TPSA) is 94.6 Å². The predicted octanol–water partition coefficient (Wildman–Crippen LogP) is 4.81. The van der Waals surface area contributed by atoms with Gasteiger partial charge in [0.15, 0.2) is 11.4 Å². The molecule has 0 bridgehead atoms. The Morgan fingerprint density at radius 2 is 1.67 bits per heavy atom. The Hall–Kier alpha value is -4.21. The van der Waals surface area contributed by atoms with Gasteiger partial charge in [0.1, 0.15) is 5.75 Å². The van der Waals surface area contributed by atoms with Gasteiger partial charge in [-0.25, -0.2) is 9.78 Å². The number of rotatable bonds is 5. The summed E-state index contributed by atoms with van der Waals surface area (Å²) >= 11 is 0. The molecule has 1 amide bonds. The van der Waals surface area contributed by atoms with Crippen molar-refractivity contribution < 1.29 is 37.0 Å². The van der Waals surface area contributed by atoms with Gasteiger partial charge in [0.25, 0.3) is 5.91 Å². The number of nitrogens with one attached hydrogen (secondary N) is 1. The molecule has 1 aromatic heterocycles. The normalized spacial score (nSPS) is 10.9. The highest BCUT2D eigenvalue weighted by molar-refractivity contribution is 6.05. The van der Waals surface area contributed by atoms with E-state index in [-0.39, 0.29) is 22.8 Å². The average molecular weight is 458 g/mol. The first-order valence-electron chi connectivity index (χ1n) is 9.49. The second kappa shape index (κ2) is 9.51. The Bertz CT molecular complexity index is 1210. The summed E-state index contributed by atoms with van der Waals surface area (Å²) in [6.07, 6.45) is -3.17.